The second kappa shape index (κ2) is 7.24. The van der Waals surface area contributed by atoms with Crippen LogP contribution in [-0.4, -0.2) is 23.4 Å². The van der Waals surface area contributed by atoms with Crippen molar-refractivity contribution in [3.05, 3.63) is 0 Å². The lowest BCUT2D eigenvalue weighted by molar-refractivity contribution is 0.0507. The molecule has 0 aromatic rings. The number of rotatable bonds is 7. The third kappa shape index (κ3) is 4.63. The standard InChI is InChI=1S/C11H22Br2O/c1-9(2)11(7-12,8-13)5-6-14-10(3)4/h9-10H,5-8H2,1-4H3. The first-order valence-electron chi connectivity index (χ1n) is 5.22. The highest BCUT2D eigenvalue weighted by Crippen LogP contribution is 2.35. The Bertz CT molecular complexity index is 142. The van der Waals surface area contributed by atoms with Crippen molar-refractivity contribution in [2.75, 3.05) is 17.3 Å². The van der Waals surface area contributed by atoms with Crippen molar-refractivity contribution in [3.63, 3.8) is 0 Å². The topological polar surface area (TPSA) is 9.23 Å². The monoisotopic (exact) mass is 328 g/mol. The van der Waals surface area contributed by atoms with Gasteiger partial charge in [0.25, 0.3) is 0 Å². The Kier molecular flexibility index (Phi) is 7.71. The molecule has 0 amide bonds. The second-order valence-electron chi connectivity index (χ2n) is 4.45. The molecule has 0 bridgehead atoms. The van der Waals surface area contributed by atoms with Gasteiger partial charge < -0.3 is 4.74 Å². The van der Waals surface area contributed by atoms with E-state index in [0.717, 1.165) is 23.7 Å². The highest BCUT2D eigenvalue weighted by atomic mass is 79.9. The Labute approximate surface area is 105 Å². The molecule has 0 rings (SSSR count). The van der Waals surface area contributed by atoms with Crippen LogP contribution in [0.3, 0.4) is 0 Å². The second-order valence-corrected chi connectivity index (χ2v) is 5.58. The Hall–Kier alpha value is 0.920. The molecular weight excluding hydrogens is 308 g/mol. The Balaban J connectivity index is 4.08. The molecule has 0 N–H and O–H groups in total. The van der Waals surface area contributed by atoms with Crippen molar-refractivity contribution in [1.29, 1.82) is 0 Å². The van der Waals surface area contributed by atoms with E-state index < -0.39 is 0 Å². The van der Waals surface area contributed by atoms with Gasteiger partial charge in [0, 0.05) is 17.3 Å². The molecule has 0 aliphatic carbocycles. The van der Waals surface area contributed by atoms with Crippen LogP contribution in [0.25, 0.3) is 0 Å². The summed E-state index contributed by atoms with van der Waals surface area (Å²) in [4.78, 5) is 0. The molecule has 0 radical (unpaired) electrons. The van der Waals surface area contributed by atoms with Crippen molar-refractivity contribution in [2.45, 2.75) is 40.2 Å². The fourth-order valence-corrected chi connectivity index (χ4v) is 4.05. The van der Waals surface area contributed by atoms with Crippen LogP contribution in [0.4, 0.5) is 0 Å². The zero-order valence-corrected chi connectivity index (χ0v) is 12.8. The predicted octanol–water partition coefficient (Wildman–Crippen LogP) is 4.23. The van der Waals surface area contributed by atoms with Gasteiger partial charge in [0.1, 0.15) is 0 Å². The summed E-state index contributed by atoms with van der Waals surface area (Å²) in [6, 6.07) is 0. The van der Waals surface area contributed by atoms with Crippen molar-refractivity contribution in [3.8, 4) is 0 Å². The summed E-state index contributed by atoms with van der Waals surface area (Å²) in [7, 11) is 0. The molecule has 1 nitrogen and oxygen atoms in total. The van der Waals surface area contributed by atoms with Crippen molar-refractivity contribution in [2.24, 2.45) is 11.3 Å². The van der Waals surface area contributed by atoms with E-state index in [1.54, 1.807) is 0 Å². The first kappa shape index (κ1) is 14.9. The summed E-state index contributed by atoms with van der Waals surface area (Å²) in [5, 5.41) is 2.06. The van der Waals surface area contributed by atoms with E-state index in [1.165, 1.54) is 0 Å². The van der Waals surface area contributed by atoms with Crippen LogP contribution in [0.5, 0.6) is 0 Å². The minimum absolute atomic E-state index is 0.328. The molecule has 0 saturated heterocycles. The van der Waals surface area contributed by atoms with Gasteiger partial charge in [-0.2, -0.15) is 0 Å². The van der Waals surface area contributed by atoms with Crippen molar-refractivity contribution < 1.29 is 4.74 Å². The molecule has 0 fully saturated rings. The number of halogens is 2. The number of alkyl halides is 2. The zero-order chi connectivity index (χ0) is 11.2. The van der Waals surface area contributed by atoms with Gasteiger partial charge in [0.15, 0.2) is 0 Å². The van der Waals surface area contributed by atoms with E-state index in [2.05, 4.69) is 59.6 Å². The fourth-order valence-electron chi connectivity index (χ4n) is 1.26. The Morgan fingerprint density at radius 3 is 1.86 bits per heavy atom. The van der Waals surface area contributed by atoms with Crippen LogP contribution in [0.15, 0.2) is 0 Å². The van der Waals surface area contributed by atoms with Crippen molar-refractivity contribution >= 4 is 31.9 Å². The lowest BCUT2D eigenvalue weighted by Crippen LogP contribution is -2.33. The molecule has 0 aliphatic rings. The Morgan fingerprint density at radius 2 is 1.57 bits per heavy atom. The molecule has 0 spiro atoms. The van der Waals surface area contributed by atoms with Crippen LogP contribution in [0, 0.1) is 11.3 Å². The molecule has 0 aromatic carbocycles. The van der Waals surface area contributed by atoms with Gasteiger partial charge in [0.05, 0.1) is 6.10 Å². The molecule has 0 atom stereocenters. The van der Waals surface area contributed by atoms with Crippen molar-refractivity contribution in [1.82, 2.24) is 0 Å². The van der Waals surface area contributed by atoms with Gasteiger partial charge in [-0.1, -0.05) is 45.7 Å². The molecular formula is C11H22Br2O. The lowest BCUT2D eigenvalue weighted by atomic mass is 9.78. The van der Waals surface area contributed by atoms with Gasteiger partial charge in [-0.05, 0) is 31.6 Å². The first-order chi connectivity index (χ1) is 6.48. The molecule has 0 saturated carbocycles. The maximum Gasteiger partial charge on any atom is 0.0518 e. The van der Waals surface area contributed by atoms with E-state index in [1.807, 2.05) is 0 Å². The average molecular weight is 330 g/mol. The van der Waals surface area contributed by atoms with E-state index in [9.17, 15) is 0 Å². The normalized spacial score (nSPS) is 12.9. The lowest BCUT2D eigenvalue weighted by Gasteiger charge is -2.34. The fraction of sp³-hybridized carbons (Fsp3) is 1.00. The zero-order valence-electron chi connectivity index (χ0n) is 9.65. The number of hydrogen-bond acceptors (Lipinski definition) is 1. The van der Waals surface area contributed by atoms with Crippen LogP contribution >= 0.6 is 31.9 Å². The highest BCUT2D eigenvalue weighted by Gasteiger charge is 2.31. The summed E-state index contributed by atoms with van der Waals surface area (Å²) in [6.07, 6.45) is 1.45. The van der Waals surface area contributed by atoms with Gasteiger partial charge in [-0.15, -0.1) is 0 Å². The summed E-state index contributed by atoms with van der Waals surface area (Å²) < 4.78 is 5.61. The third-order valence-corrected chi connectivity index (χ3v) is 5.04. The van der Waals surface area contributed by atoms with Gasteiger partial charge in [-0.3, -0.25) is 0 Å². The van der Waals surface area contributed by atoms with Crippen LogP contribution in [0.1, 0.15) is 34.1 Å². The molecule has 86 valence electrons. The maximum absolute atomic E-state index is 5.61. The Morgan fingerprint density at radius 1 is 1.07 bits per heavy atom. The quantitative estimate of drug-likeness (QED) is 0.635. The minimum atomic E-state index is 0.328. The van der Waals surface area contributed by atoms with Gasteiger partial charge >= 0.3 is 0 Å². The molecule has 0 aromatic heterocycles. The highest BCUT2D eigenvalue weighted by molar-refractivity contribution is 9.09. The summed E-state index contributed by atoms with van der Waals surface area (Å²) in [6.45, 7) is 9.57. The van der Waals surface area contributed by atoms with Gasteiger partial charge in [0.2, 0.25) is 0 Å². The predicted molar refractivity (Wildman–Crippen MR) is 70.6 cm³/mol. The first-order valence-corrected chi connectivity index (χ1v) is 7.46. The molecule has 0 unspecified atom stereocenters. The van der Waals surface area contributed by atoms with Crippen LogP contribution < -0.4 is 0 Å². The van der Waals surface area contributed by atoms with E-state index in [4.69, 9.17) is 4.74 Å². The minimum Gasteiger partial charge on any atom is -0.379 e. The summed E-state index contributed by atoms with van der Waals surface area (Å²) in [5.74, 6) is 0.664. The average Bonchev–Trinajstić information content (AvgIpc) is 2.12. The van der Waals surface area contributed by atoms with E-state index in [0.29, 0.717) is 17.4 Å². The molecule has 14 heavy (non-hydrogen) atoms. The summed E-state index contributed by atoms with van der Waals surface area (Å²) >= 11 is 7.23. The SMILES string of the molecule is CC(C)OCCC(CBr)(CBr)C(C)C. The van der Waals surface area contributed by atoms with Crippen LogP contribution in [0.2, 0.25) is 0 Å². The third-order valence-electron chi connectivity index (χ3n) is 2.81. The van der Waals surface area contributed by atoms with Gasteiger partial charge in [-0.25, -0.2) is 0 Å². The van der Waals surface area contributed by atoms with E-state index in [-0.39, 0.29) is 0 Å². The number of hydrogen-bond donors (Lipinski definition) is 0. The largest absolute Gasteiger partial charge is 0.379 e. The molecule has 3 heteroatoms. The van der Waals surface area contributed by atoms with Crippen LogP contribution in [-0.2, 0) is 4.74 Å². The molecule has 0 heterocycles. The smallest absolute Gasteiger partial charge is 0.0518 e. The molecule has 0 aliphatic heterocycles. The number of ether oxygens (including phenoxy) is 1. The maximum atomic E-state index is 5.61. The summed E-state index contributed by atoms with van der Waals surface area (Å²) in [5.41, 5.74) is 0.328. The van der Waals surface area contributed by atoms with E-state index >= 15 is 0 Å².